The molecule has 2 aromatic carbocycles. The van der Waals surface area contributed by atoms with Crippen LogP contribution in [0.2, 0.25) is 0 Å². The second-order valence-electron chi connectivity index (χ2n) is 5.78. The molecule has 0 spiro atoms. The summed E-state index contributed by atoms with van der Waals surface area (Å²) in [5.74, 6) is -1.31. The number of hydrogen-bond donors (Lipinski definition) is 2. The third-order valence-electron chi connectivity index (χ3n) is 3.99. The van der Waals surface area contributed by atoms with Gasteiger partial charge in [-0.3, -0.25) is 0 Å². The van der Waals surface area contributed by atoms with Gasteiger partial charge in [-0.05, 0) is 30.5 Å². The highest BCUT2D eigenvalue weighted by Crippen LogP contribution is 2.29. The number of hydrogen-bond acceptors (Lipinski definition) is 2. The number of urea groups is 1. The number of carbonyl (C=O) groups excluding carboxylic acids is 1. The Labute approximate surface area is 139 Å². The molecule has 1 heterocycles. The minimum absolute atomic E-state index is 0.0113. The predicted molar refractivity (Wildman–Crippen MR) is 90.1 cm³/mol. The van der Waals surface area contributed by atoms with E-state index < -0.39 is 17.7 Å². The molecule has 24 heavy (non-hydrogen) atoms. The third kappa shape index (κ3) is 3.82. The Morgan fingerprint density at radius 2 is 1.67 bits per heavy atom. The molecule has 0 bridgehead atoms. The summed E-state index contributed by atoms with van der Waals surface area (Å²) in [7, 11) is 0. The van der Waals surface area contributed by atoms with Gasteiger partial charge in [0.05, 0.1) is 0 Å². The van der Waals surface area contributed by atoms with Crippen molar-refractivity contribution in [1.29, 1.82) is 0 Å². The first-order chi connectivity index (χ1) is 11.6. The van der Waals surface area contributed by atoms with Crippen LogP contribution in [0.5, 0.6) is 0 Å². The monoisotopic (exact) mass is 331 g/mol. The lowest BCUT2D eigenvalue weighted by Crippen LogP contribution is -2.28. The minimum Gasteiger partial charge on any atom is -0.367 e. The highest BCUT2D eigenvalue weighted by molar-refractivity contribution is 5.89. The zero-order valence-electron chi connectivity index (χ0n) is 13.2. The normalized spacial score (nSPS) is 13.8. The highest BCUT2D eigenvalue weighted by Gasteiger charge is 2.21. The fourth-order valence-electron chi connectivity index (χ4n) is 2.83. The molecule has 1 aliphatic rings. The van der Waals surface area contributed by atoms with E-state index in [1.165, 1.54) is 0 Å². The van der Waals surface area contributed by atoms with Crippen LogP contribution >= 0.6 is 0 Å². The topological polar surface area (TPSA) is 44.4 Å². The largest absolute Gasteiger partial charge is 0.367 e. The predicted octanol–water partition coefficient (Wildman–Crippen LogP) is 3.89. The molecule has 3 rings (SSSR count). The molecule has 2 aromatic rings. The lowest BCUT2D eigenvalue weighted by atomic mass is 10.2. The summed E-state index contributed by atoms with van der Waals surface area (Å²) in [6.07, 6.45) is 1.86. The fraction of sp³-hybridized carbons (Fsp3) is 0.278. The van der Waals surface area contributed by atoms with Gasteiger partial charge in [0.25, 0.3) is 0 Å². The molecule has 1 saturated heterocycles. The maximum absolute atomic E-state index is 14.2. The first-order valence-electron chi connectivity index (χ1n) is 7.96. The average Bonchev–Trinajstić information content (AvgIpc) is 3.07. The van der Waals surface area contributed by atoms with Crippen molar-refractivity contribution >= 4 is 17.4 Å². The van der Waals surface area contributed by atoms with Crippen LogP contribution in [0.3, 0.4) is 0 Å². The van der Waals surface area contributed by atoms with Crippen LogP contribution in [0.1, 0.15) is 18.4 Å². The quantitative estimate of drug-likeness (QED) is 0.893. The molecule has 126 valence electrons. The Balaban J connectivity index is 1.63. The van der Waals surface area contributed by atoms with Crippen LogP contribution in [-0.4, -0.2) is 19.1 Å². The molecule has 1 aliphatic heterocycles. The van der Waals surface area contributed by atoms with Crippen molar-refractivity contribution in [3.63, 3.8) is 0 Å². The van der Waals surface area contributed by atoms with E-state index in [-0.39, 0.29) is 11.4 Å². The maximum Gasteiger partial charge on any atom is 0.319 e. The van der Waals surface area contributed by atoms with Crippen molar-refractivity contribution < 1.29 is 13.6 Å². The van der Waals surface area contributed by atoms with Crippen molar-refractivity contribution in [1.82, 2.24) is 5.32 Å². The van der Waals surface area contributed by atoms with Gasteiger partial charge in [-0.1, -0.05) is 30.3 Å². The standard InChI is InChI=1S/C18H19F2N3O/c19-15-10-14(11-16(20)17(15)23-8-4-5-9-23)22-18(24)21-12-13-6-2-1-3-7-13/h1-3,6-7,10-11H,4-5,8-9,12H2,(H2,21,22,24). The van der Waals surface area contributed by atoms with E-state index in [2.05, 4.69) is 10.6 Å². The van der Waals surface area contributed by atoms with Crippen LogP contribution < -0.4 is 15.5 Å². The minimum atomic E-state index is -0.657. The molecular formula is C18H19F2N3O. The molecule has 4 nitrogen and oxygen atoms in total. The first-order valence-corrected chi connectivity index (χ1v) is 7.96. The lowest BCUT2D eigenvalue weighted by molar-refractivity contribution is 0.251. The zero-order chi connectivity index (χ0) is 16.9. The van der Waals surface area contributed by atoms with Gasteiger partial charge < -0.3 is 15.5 Å². The van der Waals surface area contributed by atoms with Crippen molar-refractivity contribution in [2.45, 2.75) is 19.4 Å². The Morgan fingerprint density at radius 3 is 2.29 bits per heavy atom. The number of benzene rings is 2. The van der Waals surface area contributed by atoms with Crippen LogP contribution in [0.4, 0.5) is 25.0 Å². The Hall–Kier alpha value is -2.63. The molecule has 0 aliphatic carbocycles. The number of halogens is 2. The Kier molecular flexibility index (Phi) is 4.93. The summed E-state index contributed by atoms with van der Waals surface area (Å²) >= 11 is 0. The molecule has 0 radical (unpaired) electrons. The van der Waals surface area contributed by atoms with Crippen LogP contribution in [0.25, 0.3) is 0 Å². The van der Waals surface area contributed by atoms with Crippen molar-refractivity contribution in [3.8, 4) is 0 Å². The second kappa shape index (κ2) is 7.29. The first kappa shape index (κ1) is 16.2. The summed E-state index contributed by atoms with van der Waals surface area (Å²) in [5.41, 5.74) is 1.02. The molecule has 0 aromatic heterocycles. The Bertz CT molecular complexity index is 692. The van der Waals surface area contributed by atoms with Crippen molar-refractivity contribution in [2.24, 2.45) is 0 Å². The van der Waals surface area contributed by atoms with Crippen LogP contribution in [0, 0.1) is 11.6 Å². The summed E-state index contributed by atoms with van der Waals surface area (Å²) in [6.45, 7) is 1.64. The Morgan fingerprint density at radius 1 is 1.04 bits per heavy atom. The molecule has 0 saturated carbocycles. The number of nitrogens with zero attached hydrogens (tertiary/aromatic N) is 1. The van der Waals surface area contributed by atoms with Gasteiger partial charge in [0.15, 0.2) is 11.6 Å². The average molecular weight is 331 g/mol. The number of anilines is 2. The van der Waals surface area contributed by atoms with E-state index in [9.17, 15) is 13.6 Å². The van der Waals surface area contributed by atoms with E-state index in [1.807, 2.05) is 30.3 Å². The van der Waals surface area contributed by atoms with E-state index in [1.54, 1.807) is 4.90 Å². The summed E-state index contributed by atoms with van der Waals surface area (Å²) in [5, 5.41) is 5.11. The summed E-state index contributed by atoms with van der Waals surface area (Å²) in [6, 6.07) is 11.2. The molecule has 0 unspecified atom stereocenters. The van der Waals surface area contributed by atoms with E-state index in [0.717, 1.165) is 30.5 Å². The van der Waals surface area contributed by atoms with Gasteiger partial charge in [0, 0.05) is 25.3 Å². The SMILES string of the molecule is O=C(NCc1ccccc1)Nc1cc(F)c(N2CCCC2)c(F)c1. The molecule has 0 atom stereocenters. The smallest absolute Gasteiger partial charge is 0.319 e. The summed E-state index contributed by atoms with van der Waals surface area (Å²) < 4.78 is 28.4. The van der Waals surface area contributed by atoms with Crippen LogP contribution in [0.15, 0.2) is 42.5 Å². The van der Waals surface area contributed by atoms with Gasteiger partial charge in [0.1, 0.15) is 5.69 Å². The fourth-order valence-corrected chi connectivity index (χ4v) is 2.83. The summed E-state index contributed by atoms with van der Waals surface area (Å²) in [4.78, 5) is 13.6. The lowest BCUT2D eigenvalue weighted by Gasteiger charge is -2.20. The van der Waals surface area contributed by atoms with Crippen LogP contribution in [-0.2, 0) is 6.54 Å². The molecule has 2 amide bonds. The molecule has 1 fully saturated rings. The van der Waals surface area contributed by atoms with Gasteiger partial charge in [-0.2, -0.15) is 0 Å². The second-order valence-corrected chi connectivity index (χ2v) is 5.78. The maximum atomic E-state index is 14.2. The third-order valence-corrected chi connectivity index (χ3v) is 3.99. The molecule has 2 N–H and O–H groups in total. The van der Waals surface area contributed by atoms with Gasteiger partial charge in [-0.25, -0.2) is 13.6 Å². The molecule has 6 heteroatoms. The van der Waals surface area contributed by atoms with Crippen molar-refractivity contribution in [3.05, 3.63) is 59.7 Å². The number of nitrogens with one attached hydrogen (secondary N) is 2. The zero-order valence-corrected chi connectivity index (χ0v) is 13.2. The van der Waals surface area contributed by atoms with E-state index in [4.69, 9.17) is 0 Å². The highest BCUT2D eigenvalue weighted by atomic mass is 19.1. The molecular weight excluding hydrogens is 312 g/mol. The van der Waals surface area contributed by atoms with Gasteiger partial charge in [0.2, 0.25) is 0 Å². The van der Waals surface area contributed by atoms with E-state index >= 15 is 0 Å². The van der Waals surface area contributed by atoms with Gasteiger partial charge in [-0.15, -0.1) is 0 Å². The number of amides is 2. The number of carbonyl (C=O) groups is 1. The number of rotatable bonds is 4. The van der Waals surface area contributed by atoms with Gasteiger partial charge >= 0.3 is 6.03 Å². The van der Waals surface area contributed by atoms with Crippen molar-refractivity contribution in [2.75, 3.05) is 23.3 Å². The van der Waals surface area contributed by atoms with E-state index in [0.29, 0.717) is 19.6 Å².